The zero-order valence-corrected chi connectivity index (χ0v) is 14.2. The summed E-state index contributed by atoms with van der Waals surface area (Å²) in [6, 6.07) is 9.89. The van der Waals surface area contributed by atoms with E-state index in [4.69, 9.17) is 4.74 Å². The molecule has 0 spiro atoms. The Hall–Kier alpha value is -3.62. The fourth-order valence-electron chi connectivity index (χ4n) is 2.23. The number of ether oxygens (including phenoxy) is 2. The minimum absolute atomic E-state index is 0.205. The van der Waals surface area contributed by atoms with Crippen molar-refractivity contribution >= 4 is 23.5 Å². The molecule has 2 aromatic heterocycles. The molecule has 2 amide bonds. The SMILES string of the molecule is CNC(=O)Nc1cn2nc(COc3cccc(C(=O)OC)c3)ccc2n1. The summed E-state index contributed by atoms with van der Waals surface area (Å²) in [4.78, 5) is 27.1. The van der Waals surface area contributed by atoms with Gasteiger partial charge in [0.05, 0.1) is 24.6 Å². The van der Waals surface area contributed by atoms with E-state index in [9.17, 15) is 9.59 Å². The number of fused-ring (bicyclic) bond motifs is 1. The van der Waals surface area contributed by atoms with Crippen LogP contribution in [0.3, 0.4) is 0 Å². The summed E-state index contributed by atoms with van der Waals surface area (Å²) in [5.41, 5.74) is 1.66. The number of urea groups is 1. The van der Waals surface area contributed by atoms with Gasteiger partial charge in [0.15, 0.2) is 11.5 Å². The molecule has 9 nitrogen and oxygen atoms in total. The molecule has 0 saturated carbocycles. The van der Waals surface area contributed by atoms with Crippen molar-refractivity contribution in [3.8, 4) is 5.75 Å². The number of carbonyl (C=O) groups excluding carboxylic acids is 2. The van der Waals surface area contributed by atoms with E-state index in [1.165, 1.54) is 14.2 Å². The third-order valence-corrected chi connectivity index (χ3v) is 3.49. The van der Waals surface area contributed by atoms with Gasteiger partial charge in [-0.15, -0.1) is 0 Å². The highest BCUT2D eigenvalue weighted by Gasteiger charge is 2.08. The van der Waals surface area contributed by atoms with Crippen LogP contribution in [0.1, 0.15) is 16.1 Å². The van der Waals surface area contributed by atoms with E-state index in [0.29, 0.717) is 28.5 Å². The average Bonchev–Trinajstić information content (AvgIpc) is 3.07. The van der Waals surface area contributed by atoms with Crippen molar-refractivity contribution in [2.45, 2.75) is 6.61 Å². The fraction of sp³-hybridized carbons (Fsp3) is 0.176. The Balaban J connectivity index is 1.71. The molecule has 3 aromatic rings. The van der Waals surface area contributed by atoms with Crippen molar-refractivity contribution in [3.63, 3.8) is 0 Å². The zero-order valence-electron chi connectivity index (χ0n) is 14.2. The van der Waals surface area contributed by atoms with Crippen molar-refractivity contribution in [1.82, 2.24) is 19.9 Å². The molecule has 0 aliphatic rings. The Labute approximate surface area is 148 Å². The molecule has 2 N–H and O–H groups in total. The number of amides is 2. The summed E-state index contributed by atoms with van der Waals surface area (Å²) in [5, 5.41) is 9.42. The first-order valence-corrected chi connectivity index (χ1v) is 7.74. The van der Waals surface area contributed by atoms with Gasteiger partial charge in [0.25, 0.3) is 0 Å². The molecule has 0 fully saturated rings. The lowest BCUT2D eigenvalue weighted by molar-refractivity contribution is 0.0600. The number of hydrogen-bond acceptors (Lipinski definition) is 6. The number of nitrogens with one attached hydrogen (secondary N) is 2. The number of anilines is 1. The van der Waals surface area contributed by atoms with Crippen LogP contribution in [0.5, 0.6) is 5.75 Å². The second-order valence-corrected chi connectivity index (χ2v) is 5.27. The number of imidazole rings is 1. The van der Waals surface area contributed by atoms with Gasteiger partial charge >= 0.3 is 12.0 Å². The Morgan fingerprint density at radius 3 is 2.85 bits per heavy atom. The van der Waals surface area contributed by atoms with Gasteiger partial charge in [0.2, 0.25) is 0 Å². The van der Waals surface area contributed by atoms with Crippen LogP contribution in [0.25, 0.3) is 5.65 Å². The van der Waals surface area contributed by atoms with Crippen molar-refractivity contribution in [1.29, 1.82) is 0 Å². The Morgan fingerprint density at radius 1 is 1.23 bits per heavy atom. The lowest BCUT2D eigenvalue weighted by Crippen LogP contribution is -2.24. The third-order valence-electron chi connectivity index (χ3n) is 3.49. The van der Waals surface area contributed by atoms with E-state index in [-0.39, 0.29) is 12.6 Å². The summed E-state index contributed by atoms with van der Waals surface area (Å²) in [6.45, 7) is 0.205. The first-order valence-electron chi connectivity index (χ1n) is 7.74. The van der Waals surface area contributed by atoms with Crippen LogP contribution in [0, 0.1) is 0 Å². The van der Waals surface area contributed by atoms with E-state index < -0.39 is 5.97 Å². The summed E-state index contributed by atoms with van der Waals surface area (Å²) in [5.74, 6) is 0.493. The monoisotopic (exact) mass is 355 g/mol. The molecule has 0 atom stereocenters. The predicted octanol–water partition coefficient (Wildman–Crippen LogP) is 1.85. The summed E-state index contributed by atoms with van der Waals surface area (Å²) in [7, 11) is 2.85. The number of aromatic nitrogens is 3. The summed E-state index contributed by atoms with van der Waals surface area (Å²) in [6.07, 6.45) is 1.60. The molecule has 0 aliphatic carbocycles. The Morgan fingerprint density at radius 2 is 2.08 bits per heavy atom. The number of carbonyl (C=O) groups is 2. The molecule has 0 unspecified atom stereocenters. The maximum atomic E-state index is 11.6. The maximum Gasteiger partial charge on any atom is 0.337 e. The van der Waals surface area contributed by atoms with E-state index >= 15 is 0 Å². The Bertz CT molecular complexity index is 953. The lowest BCUT2D eigenvalue weighted by atomic mass is 10.2. The molecule has 9 heteroatoms. The topological polar surface area (TPSA) is 107 Å². The molecule has 134 valence electrons. The highest BCUT2D eigenvalue weighted by molar-refractivity contribution is 5.89. The molecule has 0 aliphatic heterocycles. The average molecular weight is 355 g/mol. The van der Waals surface area contributed by atoms with E-state index in [2.05, 4.69) is 25.5 Å². The largest absolute Gasteiger partial charge is 0.487 e. The number of benzene rings is 1. The predicted molar refractivity (Wildman–Crippen MR) is 93.2 cm³/mol. The smallest absolute Gasteiger partial charge is 0.337 e. The molecule has 26 heavy (non-hydrogen) atoms. The van der Waals surface area contributed by atoms with Gasteiger partial charge in [-0.05, 0) is 30.3 Å². The van der Waals surface area contributed by atoms with Crippen LogP contribution in [0.2, 0.25) is 0 Å². The molecule has 0 bridgehead atoms. The van der Waals surface area contributed by atoms with E-state index in [1.807, 2.05) is 0 Å². The number of rotatable bonds is 5. The van der Waals surface area contributed by atoms with Gasteiger partial charge in [0, 0.05) is 7.05 Å². The fourth-order valence-corrected chi connectivity index (χ4v) is 2.23. The van der Waals surface area contributed by atoms with Crippen molar-refractivity contribution < 1.29 is 19.1 Å². The summed E-state index contributed by atoms with van der Waals surface area (Å²) >= 11 is 0. The highest BCUT2D eigenvalue weighted by atomic mass is 16.5. The lowest BCUT2D eigenvalue weighted by Gasteiger charge is -2.07. The molecule has 1 aromatic carbocycles. The maximum absolute atomic E-state index is 11.6. The second kappa shape index (κ2) is 7.51. The van der Waals surface area contributed by atoms with Crippen LogP contribution in [0.4, 0.5) is 10.6 Å². The van der Waals surface area contributed by atoms with Crippen molar-refractivity contribution in [2.75, 3.05) is 19.5 Å². The van der Waals surface area contributed by atoms with Gasteiger partial charge in [-0.3, -0.25) is 5.32 Å². The van der Waals surface area contributed by atoms with E-state index in [0.717, 1.165) is 0 Å². The molecular weight excluding hydrogens is 338 g/mol. The van der Waals surface area contributed by atoms with Gasteiger partial charge in [-0.25, -0.2) is 19.1 Å². The van der Waals surface area contributed by atoms with Crippen LogP contribution < -0.4 is 15.4 Å². The minimum atomic E-state index is -0.426. The number of methoxy groups -OCH3 is 1. The molecule has 0 saturated heterocycles. The van der Waals surface area contributed by atoms with Crippen LogP contribution in [0.15, 0.2) is 42.6 Å². The number of esters is 1. The van der Waals surface area contributed by atoms with Gasteiger partial charge in [-0.2, -0.15) is 5.10 Å². The quantitative estimate of drug-likeness (QED) is 0.677. The van der Waals surface area contributed by atoms with Crippen LogP contribution >= 0.6 is 0 Å². The molecule has 0 radical (unpaired) electrons. The zero-order chi connectivity index (χ0) is 18.5. The van der Waals surface area contributed by atoms with Crippen molar-refractivity contribution in [2.24, 2.45) is 0 Å². The molecule has 3 rings (SSSR count). The second-order valence-electron chi connectivity index (χ2n) is 5.27. The normalized spacial score (nSPS) is 10.4. The highest BCUT2D eigenvalue weighted by Crippen LogP contribution is 2.16. The molecule has 2 heterocycles. The van der Waals surface area contributed by atoms with Crippen molar-refractivity contribution in [3.05, 3.63) is 53.9 Å². The first kappa shape index (κ1) is 17.2. The van der Waals surface area contributed by atoms with E-state index in [1.54, 1.807) is 47.1 Å². The number of nitrogens with zero attached hydrogens (tertiary/aromatic N) is 3. The van der Waals surface area contributed by atoms with Crippen LogP contribution in [-0.4, -0.2) is 40.8 Å². The minimum Gasteiger partial charge on any atom is -0.487 e. The molecular formula is C17H17N5O4. The first-order chi connectivity index (χ1) is 12.6. The van der Waals surface area contributed by atoms with Gasteiger partial charge in [-0.1, -0.05) is 6.07 Å². The standard InChI is InChI=1S/C17H17N5O4/c1-18-17(24)20-14-9-22-15(19-14)7-6-12(21-22)10-26-13-5-3-4-11(8-13)16(23)25-2/h3-9H,10H2,1-2H3,(H2,18,20,24). The number of hydrogen-bond donors (Lipinski definition) is 2. The van der Waals surface area contributed by atoms with Gasteiger partial charge in [0.1, 0.15) is 12.4 Å². The van der Waals surface area contributed by atoms with Crippen LogP contribution in [-0.2, 0) is 11.3 Å². The Kier molecular flexibility index (Phi) is 4.97. The van der Waals surface area contributed by atoms with Gasteiger partial charge < -0.3 is 14.8 Å². The summed E-state index contributed by atoms with van der Waals surface area (Å²) < 4.78 is 11.9. The third kappa shape index (κ3) is 3.89.